The standard InChI is InChI=1S/C16H18INO2/c1-19-15-8-5-12(10-16(15)20-2)14(18)9-11-3-6-13(17)7-4-11/h3-8,10,14H,9,18H2,1-2H3. The van der Waals surface area contributed by atoms with Gasteiger partial charge in [-0.15, -0.1) is 0 Å². The van der Waals surface area contributed by atoms with Gasteiger partial charge < -0.3 is 15.2 Å². The molecule has 2 aromatic carbocycles. The summed E-state index contributed by atoms with van der Waals surface area (Å²) in [4.78, 5) is 0. The lowest BCUT2D eigenvalue weighted by Gasteiger charge is -2.15. The molecule has 106 valence electrons. The van der Waals surface area contributed by atoms with Crippen LogP contribution in [0.25, 0.3) is 0 Å². The molecule has 0 amide bonds. The molecule has 20 heavy (non-hydrogen) atoms. The van der Waals surface area contributed by atoms with Crippen molar-refractivity contribution in [1.82, 2.24) is 0 Å². The Morgan fingerprint density at radius 2 is 1.65 bits per heavy atom. The minimum atomic E-state index is -0.0603. The van der Waals surface area contributed by atoms with Crippen molar-refractivity contribution in [3.63, 3.8) is 0 Å². The molecule has 3 nitrogen and oxygen atoms in total. The average Bonchev–Trinajstić information content (AvgIpc) is 2.48. The average molecular weight is 383 g/mol. The van der Waals surface area contributed by atoms with Crippen LogP contribution in [0.3, 0.4) is 0 Å². The molecule has 0 bridgehead atoms. The topological polar surface area (TPSA) is 44.5 Å². The molecule has 0 fully saturated rings. The molecule has 0 aromatic heterocycles. The Morgan fingerprint density at radius 3 is 2.25 bits per heavy atom. The zero-order chi connectivity index (χ0) is 14.5. The normalized spacial score (nSPS) is 12.0. The maximum atomic E-state index is 6.28. The van der Waals surface area contributed by atoms with Gasteiger partial charge in [-0.2, -0.15) is 0 Å². The van der Waals surface area contributed by atoms with E-state index in [1.165, 1.54) is 9.13 Å². The molecule has 2 rings (SSSR count). The van der Waals surface area contributed by atoms with Gasteiger partial charge in [0.1, 0.15) is 0 Å². The lowest BCUT2D eigenvalue weighted by molar-refractivity contribution is 0.354. The highest BCUT2D eigenvalue weighted by molar-refractivity contribution is 14.1. The monoisotopic (exact) mass is 383 g/mol. The van der Waals surface area contributed by atoms with E-state index in [-0.39, 0.29) is 6.04 Å². The van der Waals surface area contributed by atoms with Crippen LogP contribution in [0.15, 0.2) is 42.5 Å². The quantitative estimate of drug-likeness (QED) is 0.804. The fourth-order valence-corrected chi connectivity index (χ4v) is 2.44. The first-order valence-electron chi connectivity index (χ1n) is 6.36. The number of nitrogens with two attached hydrogens (primary N) is 1. The summed E-state index contributed by atoms with van der Waals surface area (Å²) in [6.07, 6.45) is 0.798. The summed E-state index contributed by atoms with van der Waals surface area (Å²) in [6, 6.07) is 14.2. The molecule has 0 saturated carbocycles. The van der Waals surface area contributed by atoms with Crippen molar-refractivity contribution < 1.29 is 9.47 Å². The zero-order valence-corrected chi connectivity index (χ0v) is 13.8. The Balaban J connectivity index is 2.16. The predicted molar refractivity (Wildman–Crippen MR) is 89.3 cm³/mol. The second kappa shape index (κ2) is 6.95. The second-order valence-electron chi connectivity index (χ2n) is 4.55. The molecule has 0 aliphatic carbocycles. The number of ether oxygens (including phenoxy) is 2. The third-order valence-electron chi connectivity index (χ3n) is 3.20. The molecule has 0 spiro atoms. The lowest BCUT2D eigenvalue weighted by Crippen LogP contribution is -2.13. The first kappa shape index (κ1) is 15.1. The third-order valence-corrected chi connectivity index (χ3v) is 3.92. The molecule has 0 radical (unpaired) electrons. The fraction of sp³-hybridized carbons (Fsp3) is 0.250. The van der Waals surface area contributed by atoms with Crippen LogP contribution >= 0.6 is 22.6 Å². The van der Waals surface area contributed by atoms with E-state index in [1.807, 2.05) is 18.2 Å². The second-order valence-corrected chi connectivity index (χ2v) is 5.80. The van der Waals surface area contributed by atoms with Crippen molar-refractivity contribution >= 4 is 22.6 Å². The van der Waals surface area contributed by atoms with Crippen LogP contribution < -0.4 is 15.2 Å². The van der Waals surface area contributed by atoms with Gasteiger partial charge in [0.25, 0.3) is 0 Å². The van der Waals surface area contributed by atoms with Crippen LogP contribution in [0, 0.1) is 3.57 Å². The van der Waals surface area contributed by atoms with Crippen LogP contribution in [0.2, 0.25) is 0 Å². The van der Waals surface area contributed by atoms with E-state index in [0.717, 1.165) is 17.7 Å². The highest BCUT2D eigenvalue weighted by Crippen LogP contribution is 2.30. The van der Waals surface area contributed by atoms with Crippen molar-refractivity contribution in [3.8, 4) is 11.5 Å². The molecule has 4 heteroatoms. The largest absolute Gasteiger partial charge is 0.493 e. The van der Waals surface area contributed by atoms with Crippen molar-refractivity contribution in [2.75, 3.05) is 14.2 Å². The third kappa shape index (κ3) is 3.64. The van der Waals surface area contributed by atoms with Crippen molar-refractivity contribution in [1.29, 1.82) is 0 Å². The van der Waals surface area contributed by atoms with E-state index >= 15 is 0 Å². The van der Waals surface area contributed by atoms with Crippen molar-refractivity contribution in [3.05, 3.63) is 57.2 Å². The Morgan fingerprint density at radius 1 is 1.00 bits per heavy atom. The summed E-state index contributed by atoms with van der Waals surface area (Å²) in [5.74, 6) is 1.43. The number of benzene rings is 2. The van der Waals surface area contributed by atoms with Crippen molar-refractivity contribution in [2.24, 2.45) is 5.73 Å². The van der Waals surface area contributed by atoms with E-state index in [1.54, 1.807) is 14.2 Å². The molecule has 0 saturated heterocycles. The van der Waals surface area contributed by atoms with Gasteiger partial charge in [0.2, 0.25) is 0 Å². The molecule has 1 unspecified atom stereocenters. The fourth-order valence-electron chi connectivity index (χ4n) is 2.08. The van der Waals surface area contributed by atoms with E-state index in [4.69, 9.17) is 15.2 Å². The smallest absolute Gasteiger partial charge is 0.161 e. The molecular formula is C16H18INO2. The molecule has 0 heterocycles. The number of rotatable bonds is 5. The Hall–Kier alpha value is -1.27. The lowest BCUT2D eigenvalue weighted by atomic mass is 9.99. The number of halogens is 1. The summed E-state index contributed by atoms with van der Waals surface area (Å²) < 4.78 is 11.8. The molecule has 2 aromatic rings. The van der Waals surface area contributed by atoms with Crippen molar-refractivity contribution in [2.45, 2.75) is 12.5 Å². The Bertz CT molecular complexity index is 569. The van der Waals surface area contributed by atoms with E-state index in [2.05, 4.69) is 46.9 Å². The highest BCUT2D eigenvalue weighted by Gasteiger charge is 2.11. The van der Waals surface area contributed by atoms with Crippen LogP contribution in [0.4, 0.5) is 0 Å². The molecule has 0 aliphatic heterocycles. The van der Waals surface area contributed by atoms with Gasteiger partial charge in [-0.1, -0.05) is 18.2 Å². The molecule has 0 aliphatic rings. The summed E-state index contributed by atoms with van der Waals surface area (Å²) in [5.41, 5.74) is 8.55. The SMILES string of the molecule is COc1ccc(C(N)Cc2ccc(I)cc2)cc1OC. The maximum absolute atomic E-state index is 6.28. The molecule has 1 atom stereocenters. The number of hydrogen-bond donors (Lipinski definition) is 1. The molecular weight excluding hydrogens is 365 g/mol. The van der Waals surface area contributed by atoms with Gasteiger partial charge in [0.05, 0.1) is 14.2 Å². The highest BCUT2D eigenvalue weighted by atomic mass is 127. The van der Waals surface area contributed by atoms with Gasteiger partial charge in [0, 0.05) is 9.61 Å². The van der Waals surface area contributed by atoms with Gasteiger partial charge in [0.15, 0.2) is 11.5 Å². The number of hydrogen-bond acceptors (Lipinski definition) is 3. The van der Waals surface area contributed by atoms with Gasteiger partial charge in [-0.05, 0) is 64.4 Å². The summed E-state index contributed by atoms with van der Waals surface area (Å²) in [7, 11) is 3.26. The first-order valence-corrected chi connectivity index (χ1v) is 7.44. The summed E-state index contributed by atoms with van der Waals surface area (Å²) in [6.45, 7) is 0. The minimum Gasteiger partial charge on any atom is -0.493 e. The van der Waals surface area contributed by atoms with Crippen LogP contribution in [0.5, 0.6) is 11.5 Å². The molecule has 2 N–H and O–H groups in total. The van der Waals surface area contributed by atoms with Gasteiger partial charge in [-0.25, -0.2) is 0 Å². The Kier molecular flexibility index (Phi) is 5.25. The minimum absolute atomic E-state index is 0.0603. The van der Waals surface area contributed by atoms with Crippen LogP contribution in [-0.2, 0) is 6.42 Å². The first-order chi connectivity index (χ1) is 9.63. The van der Waals surface area contributed by atoms with E-state index in [9.17, 15) is 0 Å². The van der Waals surface area contributed by atoms with Gasteiger partial charge in [-0.3, -0.25) is 0 Å². The van der Waals surface area contributed by atoms with Crippen LogP contribution in [0.1, 0.15) is 17.2 Å². The predicted octanol–water partition coefficient (Wildman–Crippen LogP) is 3.55. The Labute approximate surface area is 133 Å². The summed E-state index contributed by atoms with van der Waals surface area (Å²) >= 11 is 2.30. The maximum Gasteiger partial charge on any atom is 0.161 e. The number of methoxy groups -OCH3 is 2. The van der Waals surface area contributed by atoms with E-state index in [0.29, 0.717) is 5.75 Å². The van der Waals surface area contributed by atoms with Crippen LogP contribution in [-0.4, -0.2) is 14.2 Å². The zero-order valence-electron chi connectivity index (χ0n) is 11.6. The van der Waals surface area contributed by atoms with Gasteiger partial charge >= 0.3 is 0 Å². The summed E-state index contributed by atoms with van der Waals surface area (Å²) in [5, 5.41) is 0. The van der Waals surface area contributed by atoms with E-state index < -0.39 is 0 Å².